The average Bonchev–Trinajstić information content (AvgIpc) is 3.84. The summed E-state index contributed by atoms with van der Waals surface area (Å²) < 4.78 is 4.77. The number of aromatic nitrogens is 4. The van der Waals surface area contributed by atoms with E-state index < -0.39 is 0 Å². The Balaban J connectivity index is 1.24. The first-order chi connectivity index (χ1) is 25.8. The third-order valence-corrected chi connectivity index (χ3v) is 11.0. The molecule has 0 fully saturated rings. The molecule has 0 aliphatic carbocycles. The Morgan fingerprint density at radius 3 is 1.79 bits per heavy atom. The van der Waals surface area contributed by atoms with Gasteiger partial charge in [-0.25, -0.2) is 9.97 Å². The van der Waals surface area contributed by atoms with Gasteiger partial charge in [-0.3, -0.25) is 4.57 Å². The molecule has 0 unspecified atom stereocenters. The highest BCUT2D eigenvalue weighted by Crippen LogP contribution is 2.47. The van der Waals surface area contributed by atoms with Gasteiger partial charge in [0.15, 0.2) is 0 Å². The van der Waals surface area contributed by atoms with Crippen LogP contribution in [0.15, 0.2) is 170 Å². The lowest BCUT2D eigenvalue weighted by Crippen LogP contribution is -2.03. The Bertz CT molecular complexity index is 3390. The smallest absolute Gasteiger partial charge is 0.235 e. The Labute approximate surface area is 297 Å². The highest BCUT2D eigenvalue weighted by atomic mass is 15.2. The third-order valence-electron chi connectivity index (χ3n) is 11.0. The van der Waals surface area contributed by atoms with Crippen LogP contribution in [0.2, 0.25) is 0 Å². The molecular weight excluding hydrogens is 633 g/mol. The maximum Gasteiger partial charge on any atom is 0.235 e. The van der Waals surface area contributed by atoms with Crippen LogP contribution >= 0.6 is 0 Å². The van der Waals surface area contributed by atoms with E-state index in [1.807, 2.05) is 0 Å². The molecule has 8 aromatic carbocycles. The van der Waals surface area contributed by atoms with Crippen LogP contribution in [0.4, 0.5) is 0 Å². The van der Waals surface area contributed by atoms with E-state index in [0.717, 1.165) is 33.2 Å². The molecule has 0 N–H and O–H groups in total. The lowest BCUT2D eigenvalue weighted by Gasteiger charge is -2.12. The minimum atomic E-state index is 0.665. The fraction of sp³-hybridized carbons (Fsp3) is 0. The summed E-state index contributed by atoms with van der Waals surface area (Å²) >= 11 is 0. The molecule has 12 rings (SSSR count). The number of fused-ring (bicyclic) bond motifs is 12. The molecule has 0 saturated carbocycles. The first-order valence-corrected chi connectivity index (χ1v) is 17.8. The summed E-state index contributed by atoms with van der Waals surface area (Å²) in [5, 5.41) is 10.9. The van der Waals surface area contributed by atoms with E-state index in [0.29, 0.717) is 5.95 Å². The third kappa shape index (κ3) is 3.70. The van der Waals surface area contributed by atoms with E-state index in [-0.39, 0.29) is 0 Å². The molecule has 0 aliphatic heterocycles. The monoisotopic (exact) mass is 660 g/mol. The SMILES string of the molecule is c1ccc(-c2ccc(-c3nc(-n4c5cc6ccccc6cc5c5c6c7ccccc7n7c8ccccc8c(cc54)c67)nc4ccccc34)cc2)cc1. The molecule has 0 atom stereocenters. The van der Waals surface area contributed by atoms with Crippen LogP contribution in [-0.2, 0) is 0 Å². The first-order valence-electron chi connectivity index (χ1n) is 17.8. The van der Waals surface area contributed by atoms with Gasteiger partial charge in [0.1, 0.15) is 0 Å². The molecule has 240 valence electrons. The normalized spacial score (nSPS) is 12.2. The van der Waals surface area contributed by atoms with Crippen molar-refractivity contribution in [1.29, 1.82) is 0 Å². The van der Waals surface area contributed by atoms with E-state index in [9.17, 15) is 0 Å². The lowest BCUT2D eigenvalue weighted by atomic mass is 10.0. The number of hydrogen-bond acceptors (Lipinski definition) is 2. The first kappa shape index (κ1) is 27.7. The van der Waals surface area contributed by atoms with Crippen LogP contribution in [0, 0.1) is 0 Å². The Kier molecular flexibility index (Phi) is 5.47. The number of para-hydroxylation sites is 3. The minimum Gasteiger partial charge on any atom is -0.308 e. The molecule has 0 radical (unpaired) electrons. The van der Waals surface area contributed by atoms with Crippen molar-refractivity contribution in [1.82, 2.24) is 18.9 Å². The molecule has 0 aliphatic rings. The zero-order valence-electron chi connectivity index (χ0n) is 28.0. The standard InChI is InChI=1S/C48H28N4/c1-2-12-29(13-3-1)30-22-24-31(25-23-30)46-35-17-6-9-19-39(35)49-48(50-46)52-42-27-33-15-5-4-14-32(33)26-38(42)44-43(52)28-37-34-16-7-10-20-40(34)51-41-21-11-8-18-36(41)45(44)47(37)51/h1-28H. The molecule has 4 heteroatoms. The Morgan fingerprint density at radius 1 is 0.365 bits per heavy atom. The second-order valence-corrected chi connectivity index (χ2v) is 13.8. The fourth-order valence-corrected chi connectivity index (χ4v) is 8.75. The second kappa shape index (κ2) is 10.3. The summed E-state index contributed by atoms with van der Waals surface area (Å²) in [5.41, 5.74) is 11.2. The minimum absolute atomic E-state index is 0.665. The zero-order chi connectivity index (χ0) is 33.9. The van der Waals surface area contributed by atoms with Crippen LogP contribution in [0.25, 0.3) is 110 Å². The molecule has 12 aromatic rings. The predicted molar refractivity (Wildman–Crippen MR) is 217 cm³/mol. The van der Waals surface area contributed by atoms with Crippen molar-refractivity contribution in [3.05, 3.63) is 170 Å². The van der Waals surface area contributed by atoms with Crippen LogP contribution in [0.5, 0.6) is 0 Å². The van der Waals surface area contributed by atoms with Gasteiger partial charge in [-0.1, -0.05) is 133 Å². The van der Waals surface area contributed by atoms with Gasteiger partial charge < -0.3 is 4.40 Å². The quantitative estimate of drug-likeness (QED) is 0.189. The highest BCUT2D eigenvalue weighted by Gasteiger charge is 2.25. The van der Waals surface area contributed by atoms with E-state index in [2.05, 4.69) is 179 Å². The lowest BCUT2D eigenvalue weighted by molar-refractivity contribution is 1.01. The molecule has 0 saturated heterocycles. The Hall–Kier alpha value is -7.04. The second-order valence-electron chi connectivity index (χ2n) is 13.8. The van der Waals surface area contributed by atoms with Crippen molar-refractivity contribution in [3.63, 3.8) is 0 Å². The van der Waals surface area contributed by atoms with Crippen molar-refractivity contribution in [2.75, 3.05) is 0 Å². The maximum absolute atomic E-state index is 5.49. The molecule has 0 spiro atoms. The summed E-state index contributed by atoms with van der Waals surface area (Å²) in [5.74, 6) is 0.665. The molecule has 4 heterocycles. The van der Waals surface area contributed by atoms with E-state index in [4.69, 9.17) is 9.97 Å². The summed E-state index contributed by atoms with van der Waals surface area (Å²) in [6, 6.07) is 61.0. The van der Waals surface area contributed by atoms with Crippen molar-refractivity contribution < 1.29 is 0 Å². The van der Waals surface area contributed by atoms with Crippen LogP contribution in [-0.4, -0.2) is 18.9 Å². The van der Waals surface area contributed by atoms with Crippen molar-refractivity contribution in [2.45, 2.75) is 0 Å². The predicted octanol–water partition coefficient (Wildman–Crippen LogP) is 12.4. The topological polar surface area (TPSA) is 35.1 Å². The molecule has 0 amide bonds. The largest absolute Gasteiger partial charge is 0.308 e. The van der Waals surface area contributed by atoms with E-state index in [1.54, 1.807) is 0 Å². The van der Waals surface area contributed by atoms with Crippen LogP contribution < -0.4 is 0 Å². The Morgan fingerprint density at radius 2 is 0.981 bits per heavy atom. The van der Waals surface area contributed by atoms with E-state index >= 15 is 0 Å². The van der Waals surface area contributed by atoms with E-state index in [1.165, 1.54) is 70.8 Å². The molecule has 0 bridgehead atoms. The van der Waals surface area contributed by atoms with Gasteiger partial charge in [0.25, 0.3) is 0 Å². The molecule has 4 nitrogen and oxygen atoms in total. The summed E-state index contributed by atoms with van der Waals surface area (Å²) in [4.78, 5) is 10.8. The number of benzene rings is 8. The summed E-state index contributed by atoms with van der Waals surface area (Å²) in [6.45, 7) is 0. The number of nitrogens with zero attached hydrogens (tertiary/aromatic N) is 4. The van der Waals surface area contributed by atoms with Gasteiger partial charge >= 0.3 is 0 Å². The van der Waals surface area contributed by atoms with Crippen LogP contribution in [0.3, 0.4) is 0 Å². The van der Waals surface area contributed by atoms with Gasteiger partial charge in [0.2, 0.25) is 5.95 Å². The van der Waals surface area contributed by atoms with Gasteiger partial charge in [0.05, 0.1) is 38.8 Å². The summed E-state index contributed by atoms with van der Waals surface area (Å²) in [7, 11) is 0. The number of rotatable bonds is 3. The molecule has 52 heavy (non-hydrogen) atoms. The average molecular weight is 661 g/mol. The summed E-state index contributed by atoms with van der Waals surface area (Å²) in [6.07, 6.45) is 0. The molecule has 4 aromatic heterocycles. The van der Waals surface area contributed by atoms with Crippen molar-refractivity contribution in [3.8, 4) is 28.3 Å². The van der Waals surface area contributed by atoms with Gasteiger partial charge in [-0.05, 0) is 58.3 Å². The molecular formula is C48H28N4. The van der Waals surface area contributed by atoms with Crippen molar-refractivity contribution in [2.24, 2.45) is 0 Å². The highest BCUT2D eigenvalue weighted by molar-refractivity contribution is 6.36. The van der Waals surface area contributed by atoms with Crippen LogP contribution in [0.1, 0.15) is 0 Å². The zero-order valence-corrected chi connectivity index (χ0v) is 28.0. The fourth-order valence-electron chi connectivity index (χ4n) is 8.75. The van der Waals surface area contributed by atoms with Crippen molar-refractivity contribution >= 4 is 81.6 Å². The van der Waals surface area contributed by atoms with Gasteiger partial charge in [0, 0.05) is 43.3 Å². The van der Waals surface area contributed by atoms with Gasteiger partial charge in [-0.2, -0.15) is 0 Å². The number of hydrogen-bond donors (Lipinski definition) is 0. The van der Waals surface area contributed by atoms with Gasteiger partial charge in [-0.15, -0.1) is 0 Å². The maximum atomic E-state index is 5.49.